The Labute approximate surface area is 104 Å². The third-order valence-electron chi connectivity index (χ3n) is 1.73. The van der Waals surface area contributed by atoms with Gasteiger partial charge in [-0.1, -0.05) is 0 Å². The molecule has 16 heavy (non-hydrogen) atoms. The molecule has 90 valence electrons. The third-order valence-corrected chi connectivity index (χ3v) is 3.72. The van der Waals surface area contributed by atoms with Gasteiger partial charge in [0, 0.05) is 30.0 Å². The molecular formula is C9H16N4OS2. The van der Waals surface area contributed by atoms with Gasteiger partial charge >= 0.3 is 6.03 Å². The summed E-state index contributed by atoms with van der Waals surface area (Å²) < 4.78 is 2.67. The Morgan fingerprint density at radius 2 is 2.38 bits per heavy atom. The van der Waals surface area contributed by atoms with Crippen molar-refractivity contribution in [3.05, 3.63) is 17.5 Å². The molecule has 0 aliphatic rings. The Balaban J connectivity index is 1.98. The number of aromatic amines is 1. The first kappa shape index (κ1) is 13.2. The highest BCUT2D eigenvalue weighted by molar-refractivity contribution is 8.01. The second-order valence-corrected chi connectivity index (χ2v) is 5.13. The van der Waals surface area contributed by atoms with Crippen molar-refractivity contribution in [1.29, 1.82) is 0 Å². The molecule has 5 nitrogen and oxygen atoms in total. The van der Waals surface area contributed by atoms with Crippen LogP contribution < -0.4 is 10.0 Å². The van der Waals surface area contributed by atoms with Gasteiger partial charge in [0.05, 0.1) is 5.69 Å². The summed E-state index contributed by atoms with van der Waals surface area (Å²) in [6.45, 7) is 1.99. The molecule has 0 spiro atoms. The van der Waals surface area contributed by atoms with Crippen LogP contribution in [0.15, 0.2) is 6.07 Å². The largest absolute Gasteiger partial charge is 0.341 e. The maximum absolute atomic E-state index is 10.8. The second-order valence-electron chi connectivity index (χ2n) is 3.12. The van der Waals surface area contributed by atoms with Gasteiger partial charge in [-0.05, 0) is 24.9 Å². The minimum atomic E-state index is -0.155. The summed E-state index contributed by atoms with van der Waals surface area (Å²) in [5.41, 5.74) is 2.16. The van der Waals surface area contributed by atoms with Crippen molar-refractivity contribution in [2.45, 2.75) is 12.7 Å². The average Bonchev–Trinajstić information content (AvgIpc) is 2.69. The van der Waals surface area contributed by atoms with Gasteiger partial charge in [0.2, 0.25) is 0 Å². The molecule has 2 amide bonds. The zero-order chi connectivity index (χ0) is 11.8. The zero-order valence-corrected chi connectivity index (χ0v) is 11.0. The highest BCUT2D eigenvalue weighted by Crippen LogP contribution is 2.11. The molecule has 1 rings (SSSR count). The summed E-state index contributed by atoms with van der Waals surface area (Å²) in [4.78, 5) is 10.8. The second kappa shape index (κ2) is 7.45. The standard InChI is InChI=1S/C9H16N4OS2/c1-7-5-8(12-11-7)6-15-3-4-16-13-9(14)10-2/h5H,3-4,6H2,1-2H3,(H,11,12)(H2,10,13,14). The molecule has 0 saturated heterocycles. The van der Waals surface area contributed by atoms with E-state index in [0.29, 0.717) is 0 Å². The zero-order valence-electron chi connectivity index (χ0n) is 9.37. The highest BCUT2D eigenvalue weighted by Gasteiger charge is 1.99. The van der Waals surface area contributed by atoms with Crippen LogP contribution >= 0.6 is 23.7 Å². The number of nitrogens with zero attached hydrogens (tertiary/aromatic N) is 1. The van der Waals surface area contributed by atoms with E-state index >= 15 is 0 Å². The number of urea groups is 1. The number of hydrogen-bond acceptors (Lipinski definition) is 4. The van der Waals surface area contributed by atoms with Crippen molar-refractivity contribution in [3.63, 3.8) is 0 Å². The van der Waals surface area contributed by atoms with Crippen molar-refractivity contribution in [2.24, 2.45) is 0 Å². The van der Waals surface area contributed by atoms with E-state index < -0.39 is 0 Å². The molecule has 0 aliphatic heterocycles. The number of nitrogens with one attached hydrogen (secondary N) is 3. The molecule has 0 aliphatic carbocycles. The van der Waals surface area contributed by atoms with Crippen LogP contribution in [0.4, 0.5) is 4.79 Å². The van der Waals surface area contributed by atoms with E-state index in [9.17, 15) is 4.79 Å². The highest BCUT2D eigenvalue weighted by atomic mass is 32.2. The van der Waals surface area contributed by atoms with Crippen LogP contribution in [0.1, 0.15) is 11.4 Å². The summed E-state index contributed by atoms with van der Waals surface area (Å²) in [5, 5.41) is 9.54. The Hall–Kier alpha value is -0.820. The summed E-state index contributed by atoms with van der Waals surface area (Å²) in [5.74, 6) is 2.78. The number of carbonyl (C=O) groups is 1. The van der Waals surface area contributed by atoms with Crippen molar-refractivity contribution in [3.8, 4) is 0 Å². The Morgan fingerprint density at radius 1 is 1.56 bits per heavy atom. The van der Waals surface area contributed by atoms with E-state index in [1.807, 2.05) is 13.0 Å². The maximum atomic E-state index is 10.8. The predicted octanol–water partition coefficient (Wildman–Crippen LogP) is 1.53. The number of aryl methyl sites for hydroxylation is 1. The van der Waals surface area contributed by atoms with E-state index in [-0.39, 0.29) is 6.03 Å². The maximum Gasteiger partial charge on any atom is 0.324 e. The van der Waals surface area contributed by atoms with Gasteiger partial charge in [-0.2, -0.15) is 16.9 Å². The molecule has 1 aromatic heterocycles. The molecule has 0 bridgehead atoms. The molecule has 1 heterocycles. The number of aromatic nitrogens is 2. The van der Waals surface area contributed by atoms with Gasteiger partial charge in [-0.15, -0.1) is 0 Å². The van der Waals surface area contributed by atoms with Gasteiger partial charge in [0.1, 0.15) is 0 Å². The lowest BCUT2D eigenvalue weighted by Crippen LogP contribution is -2.27. The first-order chi connectivity index (χ1) is 7.72. The van der Waals surface area contributed by atoms with Gasteiger partial charge in [0.15, 0.2) is 0 Å². The van der Waals surface area contributed by atoms with Gasteiger partial charge in [0.25, 0.3) is 0 Å². The molecule has 0 aromatic carbocycles. The minimum Gasteiger partial charge on any atom is -0.341 e. The third kappa shape index (κ3) is 5.32. The first-order valence-electron chi connectivity index (χ1n) is 4.90. The molecule has 1 aromatic rings. The fraction of sp³-hybridized carbons (Fsp3) is 0.556. The molecule has 3 N–H and O–H groups in total. The fourth-order valence-corrected chi connectivity index (χ4v) is 2.63. The molecule has 7 heteroatoms. The number of hydrogen-bond donors (Lipinski definition) is 3. The van der Waals surface area contributed by atoms with Crippen LogP contribution in [-0.4, -0.2) is 34.8 Å². The Bertz CT molecular complexity index is 329. The first-order valence-corrected chi connectivity index (χ1v) is 7.04. The van der Waals surface area contributed by atoms with Gasteiger partial charge < -0.3 is 5.32 Å². The summed E-state index contributed by atoms with van der Waals surface area (Å²) in [7, 11) is 1.60. The molecule has 0 unspecified atom stereocenters. The van der Waals surface area contributed by atoms with Crippen molar-refractivity contribution in [1.82, 2.24) is 20.2 Å². The molecule has 0 saturated carbocycles. The van der Waals surface area contributed by atoms with E-state index in [0.717, 1.165) is 28.6 Å². The van der Waals surface area contributed by atoms with E-state index in [1.165, 1.54) is 11.9 Å². The lowest BCUT2D eigenvalue weighted by Gasteiger charge is -2.02. The minimum absolute atomic E-state index is 0.155. The van der Waals surface area contributed by atoms with Crippen molar-refractivity contribution >= 4 is 29.7 Å². The van der Waals surface area contributed by atoms with Crippen LogP contribution in [0.3, 0.4) is 0 Å². The number of rotatable bonds is 6. The number of H-pyrrole nitrogens is 1. The number of thioether (sulfide) groups is 1. The summed E-state index contributed by atoms with van der Waals surface area (Å²) in [6.07, 6.45) is 0. The molecular weight excluding hydrogens is 244 g/mol. The number of amides is 2. The predicted molar refractivity (Wildman–Crippen MR) is 69.5 cm³/mol. The molecule has 0 radical (unpaired) electrons. The Kier molecular flexibility index (Phi) is 6.17. The van der Waals surface area contributed by atoms with Gasteiger partial charge in [-0.3, -0.25) is 9.82 Å². The van der Waals surface area contributed by atoms with Crippen molar-refractivity contribution in [2.75, 3.05) is 18.6 Å². The summed E-state index contributed by atoms with van der Waals surface area (Å²) in [6, 6.07) is 1.89. The average molecular weight is 260 g/mol. The smallest absolute Gasteiger partial charge is 0.324 e. The normalized spacial score (nSPS) is 10.1. The molecule has 0 atom stereocenters. The van der Waals surface area contributed by atoms with Crippen LogP contribution in [0.25, 0.3) is 0 Å². The lowest BCUT2D eigenvalue weighted by molar-refractivity contribution is 0.248. The van der Waals surface area contributed by atoms with E-state index in [2.05, 4.69) is 20.2 Å². The van der Waals surface area contributed by atoms with Crippen molar-refractivity contribution < 1.29 is 4.79 Å². The van der Waals surface area contributed by atoms with Gasteiger partial charge in [-0.25, -0.2) is 4.79 Å². The summed E-state index contributed by atoms with van der Waals surface area (Å²) >= 11 is 3.22. The number of carbonyl (C=O) groups excluding carboxylic acids is 1. The molecule has 0 fully saturated rings. The van der Waals surface area contributed by atoms with Crippen LogP contribution in [0.5, 0.6) is 0 Å². The SMILES string of the molecule is CNC(=O)NSCCSCc1cc(C)[nH]n1. The fourth-order valence-electron chi connectivity index (χ4n) is 0.993. The quantitative estimate of drug-likeness (QED) is 0.536. The van der Waals surface area contributed by atoms with Crippen LogP contribution in [0.2, 0.25) is 0 Å². The Morgan fingerprint density at radius 3 is 3.00 bits per heavy atom. The van der Waals surface area contributed by atoms with E-state index in [1.54, 1.807) is 18.8 Å². The topological polar surface area (TPSA) is 69.8 Å². The van der Waals surface area contributed by atoms with Crippen LogP contribution in [-0.2, 0) is 5.75 Å². The van der Waals surface area contributed by atoms with E-state index in [4.69, 9.17) is 0 Å². The van der Waals surface area contributed by atoms with Crippen LogP contribution in [0, 0.1) is 6.92 Å². The monoisotopic (exact) mass is 260 g/mol. The lowest BCUT2D eigenvalue weighted by atomic mass is 10.4.